The molecule has 0 rings (SSSR count). The number of amides is 1. The lowest BCUT2D eigenvalue weighted by Crippen LogP contribution is -2.43. The Balaban J connectivity index is 4.24. The van der Waals surface area contributed by atoms with Crippen LogP contribution in [0.3, 0.4) is 0 Å². The van der Waals surface area contributed by atoms with Crippen molar-refractivity contribution in [2.24, 2.45) is 5.92 Å². The van der Waals surface area contributed by atoms with Crippen molar-refractivity contribution < 1.29 is 27.9 Å². The Bertz CT molecular complexity index is 291. The number of likely N-dealkylation sites (N-methyl/N-ethyl adjacent to an activating group) is 1. The van der Waals surface area contributed by atoms with Crippen LogP contribution in [-0.2, 0) is 9.59 Å². The number of carboxylic acids is 1. The van der Waals surface area contributed by atoms with Crippen molar-refractivity contribution in [1.29, 1.82) is 0 Å². The minimum atomic E-state index is -4.82. The van der Waals surface area contributed by atoms with Crippen LogP contribution in [0.15, 0.2) is 0 Å². The highest BCUT2D eigenvalue weighted by Crippen LogP contribution is 2.25. The van der Waals surface area contributed by atoms with E-state index in [4.69, 9.17) is 5.11 Å². The molecule has 0 bridgehead atoms. The fourth-order valence-corrected chi connectivity index (χ4v) is 1.35. The molecular weight excluding hydrogens is 253 g/mol. The second-order valence-corrected chi connectivity index (χ2v) is 3.63. The van der Waals surface area contributed by atoms with Gasteiger partial charge < -0.3 is 15.3 Å². The first-order valence-electron chi connectivity index (χ1n) is 5.52. The Morgan fingerprint density at radius 1 is 1.28 bits per heavy atom. The maximum Gasteiger partial charge on any atom is 0.403 e. The number of hydrogen-bond donors (Lipinski definition) is 2. The van der Waals surface area contributed by atoms with Gasteiger partial charge in [-0.15, -0.1) is 0 Å². The van der Waals surface area contributed by atoms with Crippen molar-refractivity contribution >= 4 is 11.9 Å². The Morgan fingerprint density at radius 2 is 1.78 bits per heavy atom. The van der Waals surface area contributed by atoms with Gasteiger partial charge in [0.1, 0.15) is 0 Å². The first-order valence-corrected chi connectivity index (χ1v) is 5.52. The fraction of sp³-hybridized carbons (Fsp3) is 0.800. The van der Waals surface area contributed by atoms with Gasteiger partial charge in [-0.05, 0) is 13.8 Å². The molecule has 0 heterocycles. The number of nitrogens with one attached hydrogen (secondary N) is 1. The minimum Gasteiger partial charge on any atom is -0.481 e. The highest BCUT2D eigenvalue weighted by atomic mass is 19.4. The van der Waals surface area contributed by atoms with E-state index in [0.717, 1.165) is 0 Å². The van der Waals surface area contributed by atoms with Gasteiger partial charge in [-0.1, -0.05) is 0 Å². The van der Waals surface area contributed by atoms with Gasteiger partial charge in [0.25, 0.3) is 0 Å². The standard InChI is InChI=1S/C10H17F3N2O3/c1-3-15(4-2)8(16)6-14-5-7(9(17)18)10(11,12)13/h7,14H,3-6H2,1-2H3,(H,17,18). The number of nitrogens with zero attached hydrogens (tertiary/aromatic N) is 1. The number of rotatable bonds is 7. The Labute approximate surface area is 103 Å². The normalized spacial score (nSPS) is 13.2. The molecular formula is C10H17F3N2O3. The molecule has 2 N–H and O–H groups in total. The average Bonchev–Trinajstić information content (AvgIpc) is 2.23. The molecule has 0 aromatic rings. The fourth-order valence-electron chi connectivity index (χ4n) is 1.35. The van der Waals surface area contributed by atoms with Crippen molar-refractivity contribution in [2.75, 3.05) is 26.2 Å². The van der Waals surface area contributed by atoms with E-state index >= 15 is 0 Å². The summed E-state index contributed by atoms with van der Waals surface area (Å²) in [7, 11) is 0. The lowest BCUT2D eigenvalue weighted by molar-refractivity contribution is -0.192. The van der Waals surface area contributed by atoms with Crippen molar-refractivity contribution in [1.82, 2.24) is 10.2 Å². The number of carbonyl (C=O) groups is 2. The van der Waals surface area contributed by atoms with Crippen molar-refractivity contribution in [3.63, 3.8) is 0 Å². The summed E-state index contributed by atoms with van der Waals surface area (Å²) in [6.07, 6.45) is -4.82. The molecule has 0 aromatic heterocycles. The molecule has 1 unspecified atom stereocenters. The van der Waals surface area contributed by atoms with Crippen molar-refractivity contribution in [2.45, 2.75) is 20.0 Å². The van der Waals surface area contributed by atoms with E-state index in [1.54, 1.807) is 13.8 Å². The van der Waals surface area contributed by atoms with Crippen LogP contribution in [0.2, 0.25) is 0 Å². The zero-order valence-electron chi connectivity index (χ0n) is 10.3. The predicted molar refractivity (Wildman–Crippen MR) is 58.0 cm³/mol. The number of alkyl halides is 3. The van der Waals surface area contributed by atoms with Crippen LogP contribution in [-0.4, -0.2) is 54.2 Å². The van der Waals surface area contributed by atoms with Crippen LogP contribution in [0.5, 0.6) is 0 Å². The molecule has 0 aliphatic heterocycles. The summed E-state index contributed by atoms with van der Waals surface area (Å²) >= 11 is 0. The van der Waals surface area contributed by atoms with Crippen molar-refractivity contribution in [3.05, 3.63) is 0 Å². The zero-order valence-corrected chi connectivity index (χ0v) is 10.3. The van der Waals surface area contributed by atoms with Crippen LogP contribution in [0.1, 0.15) is 13.8 Å². The van der Waals surface area contributed by atoms with Crippen LogP contribution in [0, 0.1) is 5.92 Å². The lowest BCUT2D eigenvalue weighted by atomic mass is 10.1. The molecule has 0 aliphatic carbocycles. The van der Waals surface area contributed by atoms with E-state index < -0.39 is 24.6 Å². The Kier molecular flexibility index (Phi) is 6.67. The monoisotopic (exact) mass is 270 g/mol. The van der Waals surface area contributed by atoms with Crippen LogP contribution >= 0.6 is 0 Å². The summed E-state index contributed by atoms with van der Waals surface area (Å²) in [6, 6.07) is 0. The largest absolute Gasteiger partial charge is 0.481 e. The number of hydrogen-bond acceptors (Lipinski definition) is 3. The third kappa shape index (κ3) is 5.35. The molecule has 0 saturated heterocycles. The SMILES string of the molecule is CCN(CC)C(=O)CNCC(C(=O)O)C(F)(F)F. The topological polar surface area (TPSA) is 69.6 Å². The summed E-state index contributed by atoms with van der Waals surface area (Å²) in [4.78, 5) is 23.3. The summed E-state index contributed by atoms with van der Waals surface area (Å²) in [5.41, 5.74) is 0. The predicted octanol–water partition coefficient (Wildman–Crippen LogP) is 0.707. The molecule has 0 spiro atoms. The van der Waals surface area contributed by atoms with Crippen LogP contribution in [0.25, 0.3) is 0 Å². The van der Waals surface area contributed by atoms with Gasteiger partial charge in [0.2, 0.25) is 5.91 Å². The van der Waals surface area contributed by atoms with Gasteiger partial charge in [0.15, 0.2) is 5.92 Å². The third-order valence-electron chi connectivity index (χ3n) is 2.43. The van der Waals surface area contributed by atoms with Crippen LogP contribution < -0.4 is 5.32 Å². The molecule has 0 fully saturated rings. The van der Waals surface area contributed by atoms with Gasteiger partial charge in [-0.25, -0.2) is 0 Å². The maximum atomic E-state index is 12.3. The second-order valence-electron chi connectivity index (χ2n) is 3.63. The Hall–Kier alpha value is -1.31. The van der Waals surface area contributed by atoms with E-state index in [1.165, 1.54) is 4.90 Å². The van der Waals surface area contributed by atoms with Crippen molar-refractivity contribution in [3.8, 4) is 0 Å². The van der Waals surface area contributed by atoms with E-state index in [1.807, 2.05) is 0 Å². The van der Waals surface area contributed by atoms with Gasteiger partial charge in [0.05, 0.1) is 6.54 Å². The maximum absolute atomic E-state index is 12.3. The van der Waals surface area contributed by atoms with Crippen LogP contribution in [0.4, 0.5) is 13.2 Å². The number of carbonyl (C=O) groups excluding carboxylic acids is 1. The lowest BCUT2D eigenvalue weighted by Gasteiger charge is -2.20. The molecule has 0 aliphatic rings. The summed E-state index contributed by atoms with van der Waals surface area (Å²) in [5, 5.41) is 10.7. The number of carboxylic acid groups (broad SMARTS) is 1. The second kappa shape index (κ2) is 7.20. The molecule has 0 radical (unpaired) electrons. The molecule has 0 saturated carbocycles. The minimum absolute atomic E-state index is 0.304. The summed E-state index contributed by atoms with van der Waals surface area (Å²) < 4.78 is 36.8. The van der Waals surface area contributed by atoms with Gasteiger partial charge in [-0.2, -0.15) is 13.2 Å². The van der Waals surface area contributed by atoms with E-state index in [2.05, 4.69) is 5.32 Å². The molecule has 1 atom stereocenters. The first kappa shape index (κ1) is 16.7. The summed E-state index contributed by atoms with van der Waals surface area (Å²) in [5.74, 6) is -4.81. The molecule has 0 aromatic carbocycles. The average molecular weight is 270 g/mol. The zero-order chi connectivity index (χ0) is 14.3. The summed E-state index contributed by atoms with van der Waals surface area (Å²) in [6.45, 7) is 3.29. The van der Waals surface area contributed by atoms with E-state index in [-0.39, 0.29) is 12.5 Å². The van der Waals surface area contributed by atoms with Gasteiger partial charge >= 0.3 is 12.1 Å². The number of aliphatic carboxylic acids is 1. The quantitative estimate of drug-likeness (QED) is 0.714. The smallest absolute Gasteiger partial charge is 0.403 e. The van der Waals surface area contributed by atoms with Gasteiger partial charge in [-0.3, -0.25) is 9.59 Å². The highest BCUT2D eigenvalue weighted by molar-refractivity contribution is 5.78. The number of halogens is 3. The highest BCUT2D eigenvalue weighted by Gasteiger charge is 2.44. The molecule has 1 amide bonds. The Morgan fingerprint density at radius 3 is 2.11 bits per heavy atom. The molecule has 8 heteroatoms. The van der Waals surface area contributed by atoms with Gasteiger partial charge in [0, 0.05) is 19.6 Å². The third-order valence-corrected chi connectivity index (χ3v) is 2.43. The van der Waals surface area contributed by atoms with E-state index in [9.17, 15) is 22.8 Å². The first-order chi connectivity index (χ1) is 8.23. The molecule has 5 nitrogen and oxygen atoms in total. The molecule has 106 valence electrons. The molecule has 18 heavy (non-hydrogen) atoms. The van der Waals surface area contributed by atoms with E-state index in [0.29, 0.717) is 13.1 Å².